The van der Waals surface area contributed by atoms with E-state index in [1.165, 1.54) is 0 Å². The third kappa shape index (κ3) is 2.45. The van der Waals surface area contributed by atoms with Gasteiger partial charge in [-0.25, -0.2) is 4.68 Å². The molecule has 0 aliphatic heterocycles. The maximum atomic E-state index is 5.66. The predicted molar refractivity (Wildman–Crippen MR) is 79.0 cm³/mol. The van der Waals surface area contributed by atoms with Crippen LogP contribution >= 0.6 is 0 Å². The van der Waals surface area contributed by atoms with Crippen LogP contribution in [-0.2, 0) is 0 Å². The number of nitrogens with zero attached hydrogens (tertiary/aromatic N) is 2. The van der Waals surface area contributed by atoms with Crippen molar-refractivity contribution in [1.82, 2.24) is 9.78 Å². The van der Waals surface area contributed by atoms with E-state index in [2.05, 4.69) is 17.3 Å². The molecule has 0 amide bonds. The van der Waals surface area contributed by atoms with Gasteiger partial charge in [-0.3, -0.25) is 0 Å². The maximum Gasteiger partial charge on any atom is 0.126 e. The summed E-state index contributed by atoms with van der Waals surface area (Å²) in [6, 6.07) is 14.1. The van der Waals surface area contributed by atoms with Gasteiger partial charge in [0.15, 0.2) is 0 Å². The van der Waals surface area contributed by atoms with Crippen molar-refractivity contribution in [2.45, 2.75) is 19.9 Å². The van der Waals surface area contributed by atoms with Crippen LogP contribution in [0, 0.1) is 6.92 Å². The minimum absolute atomic E-state index is 0.0976. The number of aromatic nitrogens is 2. The molecule has 0 fully saturated rings. The Labute approximate surface area is 118 Å². The second-order valence-corrected chi connectivity index (χ2v) is 4.78. The SMILES string of the molecule is Cc1ccc(C(C)Nc2ccccc2-n2cccn2)o1. The van der Waals surface area contributed by atoms with E-state index in [0.717, 1.165) is 22.9 Å². The van der Waals surface area contributed by atoms with Gasteiger partial charge in [0.05, 0.1) is 17.4 Å². The average Bonchev–Trinajstić information content (AvgIpc) is 3.10. The van der Waals surface area contributed by atoms with Crippen molar-refractivity contribution in [2.75, 3.05) is 5.32 Å². The molecule has 1 N–H and O–H groups in total. The Morgan fingerprint density at radius 3 is 2.70 bits per heavy atom. The molecule has 4 nitrogen and oxygen atoms in total. The molecule has 0 radical (unpaired) electrons. The summed E-state index contributed by atoms with van der Waals surface area (Å²) in [5, 5.41) is 7.76. The molecule has 0 aliphatic carbocycles. The molecular formula is C16H17N3O. The molecule has 1 aromatic carbocycles. The van der Waals surface area contributed by atoms with E-state index in [1.54, 1.807) is 6.20 Å². The number of aryl methyl sites for hydroxylation is 1. The van der Waals surface area contributed by atoms with E-state index in [1.807, 2.05) is 60.3 Å². The van der Waals surface area contributed by atoms with Crippen LogP contribution in [0.15, 0.2) is 59.3 Å². The van der Waals surface area contributed by atoms with Crippen molar-refractivity contribution in [3.05, 3.63) is 66.4 Å². The Bertz CT molecular complexity index is 685. The van der Waals surface area contributed by atoms with Gasteiger partial charge in [0.1, 0.15) is 11.5 Å². The summed E-state index contributed by atoms with van der Waals surface area (Å²) in [4.78, 5) is 0. The standard InChI is InChI=1S/C16H17N3O/c1-12-8-9-16(20-12)13(2)18-14-6-3-4-7-15(14)19-11-5-10-17-19/h3-11,13,18H,1-2H3. The number of hydrogen-bond acceptors (Lipinski definition) is 3. The molecular weight excluding hydrogens is 250 g/mol. The number of benzene rings is 1. The van der Waals surface area contributed by atoms with Crippen molar-refractivity contribution >= 4 is 5.69 Å². The first kappa shape index (κ1) is 12.5. The van der Waals surface area contributed by atoms with Crippen LogP contribution in [0.1, 0.15) is 24.5 Å². The fourth-order valence-corrected chi connectivity index (χ4v) is 2.20. The van der Waals surface area contributed by atoms with Crippen molar-refractivity contribution in [3.8, 4) is 5.69 Å². The Hall–Kier alpha value is -2.49. The summed E-state index contributed by atoms with van der Waals surface area (Å²) in [6.07, 6.45) is 3.71. The second-order valence-electron chi connectivity index (χ2n) is 4.78. The van der Waals surface area contributed by atoms with Crippen molar-refractivity contribution in [1.29, 1.82) is 0 Å². The number of rotatable bonds is 4. The Morgan fingerprint density at radius 2 is 2.00 bits per heavy atom. The fourth-order valence-electron chi connectivity index (χ4n) is 2.20. The maximum absolute atomic E-state index is 5.66. The van der Waals surface area contributed by atoms with Crippen LogP contribution in [-0.4, -0.2) is 9.78 Å². The van der Waals surface area contributed by atoms with E-state index in [4.69, 9.17) is 4.42 Å². The van der Waals surface area contributed by atoms with Crippen LogP contribution in [0.2, 0.25) is 0 Å². The van der Waals surface area contributed by atoms with Crippen molar-refractivity contribution in [3.63, 3.8) is 0 Å². The number of anilines is 1. The average molecular weight is 267 g/mol. The summed E-state index contributed by atoms with van der Waals surface area (Å²) in [5.74, 6) is 1.85. The number of para-hydroxylation sites is 2. The summed E-state index contributed by atoms with van der Waals surface area (Å²) in [6.45, 7) is 4.03. The molecule has 3 rings (SSSR count). The lowest BCUT2D eigenvalue weighted by molar-refractivity contribution is 0.467. The molecule has 1 unspecified atom stereocenters. The van der Waals surface area contributed by atoms with Crippen LogP contribution in [0.5, 0.6) is 0 Å². The van der Waals surface area contributed by atoms with Crippen molar-refractivity contribution in [2.24, 2.45) is 0 Å². The smallest absolute Gasteiger partial charge is 0.126 e. The van der Waals surface area contributed by atoms with Gasteiger partial charge in [0.25, 0.3) is 0 Å². The zero-order chi connectivity index (χ0) is 13.9. The van der Waals surface area contributed by atoms with E-state index in [9.17, 15) is 0 Å². The van der Waals surface area contributed by atoms with Gasteiger partial charge in [-0.05, 0) is 44.2 Å². The highest BCUT2D eigenvalue weighted by molar-refractivity contribution is 5.61. The zero-order valence-electron chi connectivity index (χ0n) is 11.6. The van der Waals surface area contributed by atoms with Crippen LogP contribution in [0.3, 0.4) is 0 Å². The summed E-state index contributed by atoms with van der Waals surface area (Å²) in [5.41, 5.74) is 2.05. The first-order valence-corrected chi connectivity index (χ1v) is 6.66. The second kappa shape index (κ2) is 5.25. The topological polar surface area (TPSA) is 43.0 Å². The Kier molecular flexibility index (Phi) is 3.29. The van der Waals surface area contributed by atoms with Crippen LogP contribution in [0.25, 0.3) is 5.69 Å². The molecule has 2 aromatic heterocycles. The third-order valence-electron chi connectivity index (χ3n) is 3.22. The molecule has 0 aliphatic rings. The van der Waals surface area contributed by atoms with Gasteiger partial charge < -0.3 is 9.73 Å². The lowest BCUT2D eigenvalue weighted by Gasteiger charge is -2.16. The lowest BCUT2D eigenvalue weighted by Crippen LogP contribution is -2.08. The largest absolute Gasteiger partial charge is 0.464 e. The fraction of sp³-hybridized carbons (Fsp3) is 0.188. The summed E-state index contributed by atoms with van der Waals surface area (Å²) in [7, 11) is 0. The van der Waals surface area contributed by atoms with Gasteiger partial charge in [-0.1, -0.05) is 12.1 Å². The highest BCUT2D eigenvalue weighted by Gasteiger charge is 2.12. The highest BCUT2D eigenvalue weighted by atomic mass is 16.3. The normalized spacial score (nSPS) is 12.3. The third-order valence-corrected chi connectivity index (χ3v) is 3.22. The molecule has 0 saturated carbocycles. The molecule has 0 spiro atoms. The first-order valence-electron chi connectivity index (χ1n) is 6.66. The van der Waals surface area contributed by atoms with Gasteiger partial charge in [0.2, 0.25) is 0 Å². The molecule has 4 heteroatoms. The molecule has 1 atom stereocenters. The van der Waals surface area contributed by atoms with E-state index in [0.29, 0.717) is 0 Å². The number of nitrogens with one attached hydrogen (secondary N) is 1. The highest BCUT2D eigenvalue weighted by Crippen LogP contribution is 2.25. The molecule has 20 heavy (non-hydrogen) atoms. The van der Waals surface area contributed by atoms with Gasteiger partial charge >= 0.3 is 0 Å². The number of furan rings is 1. The first-order chi connectivity index (χ1) is 9.74. The molecule has 2 heterocycles. The molecule has 3 aromatic rings. The quantitative estimate of drug-likeness (QED) is 0.778. The van der Waals surface area contributed by atoms with Gasteiger partial charge in [-0.15, -0.1) is 0 Å². The minimum Gasteiger partial charge on any atom is -0.464 e. The van der Waals surface area contributed by atoms with Crippen LogP contribution in [0.4, 0.5) is 5.69 Å². The minimum atomic E-state index is 0.0976. The molecule has 0 bridgehead atoms. The summed E-state index contributed by atoms with van der Waals surface area (Å²) >= 11 is 0. The Balaban J connectivity index is 1.88. The predicted octanol–water partition coefficient (Wildman–Crippen LogP) is 3.95. The Morgan fingerprint density at radius 1 is 1.15 bits per heavy atom. The molecule has 102 valence electrons. The van der Waals surface area contributed by atoms with Gasteiger partial charge in [-0.2, -0.15) is 5.10 Å². The lowest BCUT2D eigenvalue weighted by atomic mass is 10.2. The number of hydrogen-bond donors (Lipinski definition) is 1. The molecule has 0 saturated heterocycles. The van der Waals surface area contributed by atoms with Gasteiger partial charge in [0, 0.05) is 12.4 Å². The van der Waals surface area contributed by atoms with E-state index >= 15 is 0 Å². The zero-order valence-corrected chi connectivity index (χ0v) is 11.6. The van der Waals surface area contributed by atoms with Crippen LogP contribution < -0.4 is 5.32 Å². The van der Waals surface area contributed by atoms with E-state index < -0.39 is 0 Å². The monoisotopic (exact) mass is 267 g/mol. The van der Waals surface area contributed by atoms with E-state index in [-0.39, 0.29) is 6.04 Å². The summed E-state index contributed by atoms with van der Waals surface area (Å²) < 4.78 is 7.51. The van der Waals surface area contributed by atoms with Crippen molar-refractivity contribution < 1.29 is 4.42 Å².